The van der Waals surface area contributed by atoms with Crippen LogP contribution in [0.5, 0.6) is 0 Å². The monoisotopic (exact) mass is 492 g/mol. The summed E-state index contributed by atoms with van der Waals surface area (Å²) in [6, 6.07) is 0. The van der Waals surface area contributed by atoms with Crippen molar-refractivity contribution in [1.82, 2.24) is 0 Å². The smallest absolute Gasteiger partial charge is 0.342 e. The van der Waals surface area contributed by atoms with Gasteiger partial charge in [-0.1, -0.05) is 68.6 Å². The highest BCUT2D eigenvalue weighted by molar-refractivity contribution is 7.88. The minimum atomic E-state index is -4.62. The second-order valence-electron chi connectivity index (χ2n) is 7.30. The third kappa shape index (κ3) is 15.9. The van der Waals surface area contributed by atoms with E-state index >= 15 is 0 Å². The molecule has 0 aromatic carbocycles. The molecule has 0 aliphatic rings. The molecular weight excluding hydrogens is 456 g/mol. The van der Waals surface area contributed by atoms with Gasteiger partial charge in [0.15, 0.2) is 0 Å². The minimum absolute atomic E-state index is 0.00803. The standard InChI is InChI=1S/C21H36N2O9S/c1-4-5-6-7-8-9-10-11-12-14-19(24)29-15-13-16-30-21(26)18(17-20(25)31-22-2)33(27,28)32-23-3/h18H,2-17H2,1H3. The second-order valence-corrected chi connectivity index (χ2v) is 9.01. The van der Waals surface area contributed by atoms with Gasteiger partial charge in [-0.25, -0.2) is 4.79 Å². The van der Waals surface area contributed by atoms with E-state index in [1.54, 1.807) is 0 Å². The number of ether oxygens (including phenoxy) is 2. The van der Waals surface area contributed by atoms with E-state index in [-0.39, 0.29) is 25.6 Å². The van der Waals surface area contributed by atoms with Gasteiger partial charge in [-0.2, -0.15) is 8.42 Å². The summed E-state index contributed by atoms with van der Waals surface area (Å²) >= 11 is 0. The second kappa shape index (κ2) is 19.0. The maximum atomic E-state index is 12.1. The molecule has 0 spiro atoms. The van der Waals surface area contributed by atoms with Crippen LogP contribution in [-0.4, -0.2) is 58.2 Å². The molecule has 0 saturated heterocycles. The largest absolute Gasteiger partial charge is 0.466 e. The first kappa shape index (κ1) is 30.5. The first-order valence-electron chi connectivity index (χ1n) is 11.1. The van der Waals surface area contributed by atoms with Crippen LogP contribution in [0.3, 0.4) is 0 Å². The molecule has 0 bridgehead atoms. The van der Waals surface area contributed by atoms with Crippen LogP contribution in [0.15, 0.2) is 10.3 Å². The highest BCUT2D eigenvalue weighted by Crippen LogP contribution is 2.13. The van der Waals surface area contributed by atoms with Crippen molar-refractivity contribution in [3.63, 3.8) is 0 Å². The zero-order chi connectivity index (χ0) is 25.0. The number of carbonyl (C=O) groups is 3. The molecular formula is C21H36N2O9S. The number of oxime groups is 2. The lowest BCUT2D eigenvalue weighted by Gasteiger charge is -2.13. The predicted octanol–water partition coefficient (Wildman–Crippen LogP) is 3.26. The van der Waals surface area contributed by atoms with Crippen molar-refractivity contribution in [2.45, 2.75) is 89.2 Å². The van der Waals surface area contributed by atoms with E-state index in [1.807, 2.05) is 0 Å². The van der Waals surface area contributed by atoms with Crippen molar-refractivity contribution in [3.05, 3.63) is 0 Å². The fraction of sp³-hybridized carbons (Fsp3) is 0.762. The summed E-state index contributed by atoms with van der Waals surface area (Å²) in [5.41, 5.74) is 0. The summed E-state index contributed by atoms with van der Waals surface area (Å²) in [5.74, 6) is -2.72. The van der Waals surface area contributed by atoms with Crippen molar-refractivity contribution in [2.24, 2.45) is 10.3 Å². The quantitative estimate of drug-likeness (QED) is 0.0774. The number of nitrogens with zero attached hydrogens (tertiary/aromatic N) is 2. The van der Waals surface area contributed by atoms with E-state index in [1.165, 1.54) is 38.5 Å². The van der Waals surface area contributed by atoms with Gasteiger partial charge in [0.05, 0.1) is 19.6 Å². The van der Waals surface area contributed by atoms with Gasteiger partial charge in [0, 0.05) is 26.3 Å². The lowest BCUT2D eigenvalue weighted by Crippen LogP contribution is -2.35. The number of rotatable bonds is 21. The Kier molecular flexibility index (Phi) is 17.6. The van der Waals surface area contributed by atoms with Crippen molar-refractivity contribution in [1.29, 1.82) is 0 Å². The summed E-state index contributed by atoms with van der Waals surface area (Å²) in [6.07, 6.45) is 9.87. The first-order valence-corrected chi connectivity index (χ1v) is 12.6. The van der Waals surface area contributed by atoms with E-state index in [4.69, 9.17) is 9.47 Å². The molecule has 0 saturated carbocycles. The Balaban J connectivity index is 4.09. The molecule has 0 rings (SSSR count). The van der Waals surface area contributed by atoms with Crippen molar-refractivity contribution < 1.29 is 41.4 Å². The Hall–Kier alpha value is -2.50. The maximum Gasteiger partial charge on any atom is 0.342 e. The zero-order valence-electron chi connectivity index (χ0n) is 19.4. The lowest BCUT2D eigenvalue weighted by atomic mass is 10.1. The third-order valence-corrected chi connectivity index (χ3v) is 5.94. The molecule has 11 nitrogen and oxygen atoms in total. The van der Waals surface area contributed by atoms with Crippen LogP contribution in [0.2, 0.25) is 0 Å². The van der Waals surface area contributed by atoms with Crippen LogP contribution < -0.4 is 0 Å². The van der Waals surface area contributed by atoms with Gasteiger partial charge in [-0.3, -0.25) is 13.9 Å². The highest BCUT2D eigenvalue weighted by atomic mass is 32.2. The molecule has 0 aliphatic carbocycles. The normalized spacial score (nSPS) is 11.8. The average molecular weight is 493 g/mol. The first-order chi connectivity index (χ1) is 15.8. The van der Waals surface area contributed by atoms with Gasteiger partial charge in [0.2, 0.25) is 5.25 Å². The summed E-state index contributed by atoms with van der Waals surface area (Å²) in [7, 11) is -4.62. The number of esters is 2. The molecule has 12 heteroatoms. The minimum Gasteiger partial charge on any atom is -0.466 e. The Morgan fingerprint density at radius 2 is 1.36 bits per heavy atom. The summed E-state index contributed by atoms with van der Waals surface area (Å²) < 4.78 is 37.9. The van der Waals surface area contributed by atoms with Crippen LogP contribution in [-0.2, 0) is 43.1 Å². The summed E-state index contributed by atoms with van der Waals surface area (Å²) in [6.45, 7) is 7.75. The lowest BCUT2D eigenvalue weighted by molar-refractivity contribution is -0.150. The zero-order valence-corrected chi connectivity index (χ0v) is 20.2. The molecule has 0 aromatic heterocycles. The van der Waals surface area contributed by atoms with Crippen molar-refractivity contribution in [3.8, 4) is 0 Å². The summed E-state index contributed by atoms with van der Waals surface area (Å²) in [4.78, 5) is 39.5. The van der Waals surface area contributed by atoms with Crippen LogP contribution in [0.1, 0.15) is 84.0 Å². The molecule has 0 N–H and O–H groups in total. The Morgan fingerprint density at radius 1 is 0.788 bits per heavy atom. The molecule has 0 heterocycles. The molecule has 0 fully saturated rings. The van der Waals surface area contributed by atoms with Crippen LogP contribution in [0.4, 0.5) is 0 Å². The van der Waals surface area contributed by atoms with E-state index < -0.39 is 33.7 Å². The predicted molar refractivity (Wildman–Crippen MR) is 122 cm³/mol. The Bertz CT molecular complexity index is 711. The molecule has 0 aliphatic heterocycles. The molecule has 0 aromatic rings. The van der Waals surface area contributed by atoms with Gasteiger partial charge in [-0.15, -0.1) is 0 Å². The fourth-order valence-electron chi connectivity index (χ4n) is 2.85. The Morgan fingerprint density at radius 3 is 1.94 bits per heavy atom. The van der Waals surface area contributed by atoms with Crippen LogP contribution >= 0.6 is 0 Å². The van der Waals surface area contributed by atoms with E-state index in [0.717, 1.165) is 19.3 Å². The molecule has 0 amide bonds. The molecule has 190 valence electrons. The van der Waals surface area contributed by atoms with Gasteiger partial charge >= 0.3 is 28.0 Å². The molecule has 0 radical (unpaired) electrons. The molecule has 1 unspecified atom stereocenters. The number of unbranched alkanes of at least 4 members (excludes halogenated alkanes) is 8. The number of hydrogen-bond donors (Lipinski definition) is 0. The SMILES string of the molecule is C=NOC(=O)CC(C(=O)OCCCOC(=O)CCCCCCCCCCC)S(=O)(=O)ON=C. The van der Waals surface area contributed by atoms with Crippen molar-refractivity contribution >= 4 is 41.5 Å². The molecule has 1 atom stereocenters. The number of hydrogen-bond acceptors (Lipinski definition) is 11. The van der Waals surface area contributed by atoms with E-state index in [2.05, 4.69) is 39.8 Å². The average Bonchev–Trinajstić information content (AvgIpc) is 2.76. The topological polar surface area (TPSA) is 147 Å². The van der Waals surface area contributed by atoms with Gasteiger partial charge in [0.1, 0.15) is 0 Å². The van der Waals surface area contributed by atoms with Gasteiger partial charge < -0.3 is 14.3 Å². The summed E-state index contributed by atoms with van der Waals surface area (Å²) in [5, 5.41) is 3.59. The fourth-order valence-corrected chi connectivity index (χ4v) is 3.75. The highest BCUT2D eigenvalue weighted by Gasteiger charge is 2.39. The third-order valence-electron chi connectivity index (χ3n) is 4.57. The van der Waals surface area contributed by atoms with Crippen LogP contribution in [0.25, 0.3) is 0 Å². The maximum absolute atomic E-state index is 12.1. The molecule has 33 heavy (non-hydrogen) atoms. The van der Waals surface area contributed by atoms with Gasteiger partial charge in [0.25, 0.3) is 0 Å². The van der Waals surface area contributed by atoms with Crippen molar-refractivity contribution in [2.75, 3.05) is 13.2 Å². The van der Waals surface area contributed by atoms with Gasteiger partial charge in [-0.05, 0) is 6.42 Å². The van der Waals surface area contributed by atoms with E-state index in [9.17, 15) is 22.8 Å². The Labute approximate surface area is 196 Å². The van der Waals surface area contributed by atoms with Crippen LogP contribution in [0, 0.1) is 0 Å². The van der Waals surface area contributed by atoms with E-state index in [0.29, 0.717) is 6.42 Å². The number of carbonyl (C=O) groups excluding carboxylic acids is 3.